The predicted molar refractivity (Wildman–Crippen MR) is 98.3 cm³/mol. The van der Waals surface area contributed by atoms with Crippen molar-refractivity contribution < 1.29 is 9.47 Å². The fourth-order valence-electron chi connectivity index (χ4n) is 2.96. The highest BCUT2D eigenvalue weighted by Crippen LogP contribution is 2.28. The molecule has 0 N–H and O–H groups in total. The van der Waals surface area contributed by atoms with Crippen molar-refractivity contribution in [2.24, 2.45) is 0 Å². The summed E-state index contributed by atoms with van der Waals surface area (Å²) in [6.07, 6.45) is 5.11. The van der Waals surface area contributed by atoms with Gasteiger partial charge in [0, 0.05) is 12.4 Å². The smallest absolute Gasteiger partial charge is 0.297 e. The molecule has 0 amide bonds. The van der Waals surface area contributed by atoms with Gasteiger partial charge in [-0.2, -0.15) is 0 Å². The molecule has 1 aromatic carbocycles. The molecule has 0 fully saturated rings. The maximum Gasteiger partial charge on any atom is 0.297 e. The van der Waals surface area contributed by atoms with Gasteiger partial charge in [-0.3, -0.25) is 4.57 Å². The summed E-state index contributed by atoms with van der Waals surface area (Å²) >= 11 is 0. The number of hydrogen-bond acceptors (Lipinski definition) is 5. The SMILES string of the molecule is CC(C)(C)c1ccc(OC[C@@H]2Cn3c(-c4ncccn4)cnc3O2)cc1. The third kappa shape index (κ3) is 3.27. The minimum atomic E-state index is -0.0801. The summed E-state index contributed by atoms with van der Waals surface area (Å²) in [5.74, 6) is 1.49. The molecule has 6 heteroatoms. The zero-order chi connectivity index (χ0) is 18.1. The minimum Gasteiger partial charge on any atom is -0.490 e. The maximum absolute atomic E-state index is 5.91. The van der Waals surface area contributed by atoms with Crippen molar-refractivity contribution in [3.05, 3.63) is 54.5 Å². The van der Waals surface area contributed by atoms with Gasteiger partial charge in [0.15, 0.2) is 11.9 Å². The van der Waals surface area contributed by atoms with E-state index in [0.29, 0.717) is 25.0 Å². The molecule has 2 aromatic heterocycles. The quantitative estimate of drug-likeness (QED) is 0.721. The number of benzene rings is 1. The molecule has 134 valence electrons. The van der Waals surface area contributed by atoms with Crippen LogP contribution in [0.1, 0.15) is 26.3 Å². The van der Waals surface area contributed by atoms with Gasteiger partial charge in [-0.05, 0) is 29.2 Å². The normalized spacial score (nSPS) is 16.2. The van der Waals surface area contributed by atoms with Crippen LogP contribution in [0.5, 0.6) is 11.8 Å². The maximum atomic E-state index is 5.91. The number of rotatable bonds is 4. The van der Waals surface area contributed by atoms with Gasteiger partial charge in [-0.25, -0.2) is 15.0 Å². The van der Waals surface area contributed by atoms with Crippen LogP contribution in [-0.4, -0.2) is 32.2 Å². The molecule has 4 rings (SSSR count). The number of imidazole rings is 1. The average Bonchev–Trinajstić information content (AvgIpc) is 3.20. The number of ether oxygens (including phenoxy) is 2. The fourth-order valence-corrected chi connectivity index (χ4v) is 2.96. The number of fused-ring (bicyclic) bond motifs is 1. The van der Waals surface area contributed by atoms with Crippen molar-refractivity contribution in [2.75, 3.05) is 6.61 Å². The Labute approximate surface area is 152 Å². The molecule has 0 saturated heterocycles. The first-order chi connectivity index (χ1) is 12.5. The molecule has 26 heavy (non-hydrogen) atoms. The third-order valence-electron chi connectivity index (χ3n) is 4.43. The zero-order valence-electron chi connectivity index (χ0n) is 15.2. The molecular formula is C20H22N4O2. The summed E-state index contributed by atoms with van der Waals surface area (Å²) in [7, 11) is 0. The Morgan fingerprint density at radius 1 is 1.12 bits per heavy atom. The first kappa shape index (κ1) is 16.6. The molecule has 3 heterocycles. The van der Waals surface area contributed by atoms with Crippen LogP contribution in [0.3, 0.4) is 0 Å². The molecule has 0 spiro atoms. The van der Waals surface area contributed by atoms with Gasteiger partial charge in [0.1, 0.15) is 18.1 Å². The topological polar surface area (TPSA) is 62.1 Å². The lowest BCUT2D eigenvalue weighted by atomic mass is 9.87. The van der Waals surface area contributed by atoms with Gasteiger partial charge in [0.2, 0.25) is 0 Å². The Balaban J connectivity index is 1.40. The summed E-state index contributed by atoms with van der Waals surface area (Å²) in [5.41, 5.74) is 2.28. The van der Waals surface area contributed by atoms with E-state index in [9.17, 15) is 0 Å². The van der Waals surface area contributed by atoms with Crippen molar-refractivity contribution in [1.82, 2.24) is 19.5 Å². The fraction of sp³-hybridized carbons (Fsp3) is 0.350. The third-order valence-corrected chi connectivity index (χ3v) is 4.43. The van der Waals surface area contributed by atoms with E-state index < -0.39 is 0 Å². The van der Waals surface area contributed by atoms with E-state index in [0.717, 1.165) is 11.4 Å². The standard InChI is InChI=1S/C20H22N4O2/c1-20(2,3)14-5-7-15(8-6-14)25-13-16-12-24-17(11-23-19(24)26-16)18-21-9-4-10-22-18/h4-11,16H,12-13H2,1-3H3/t16-/m0/s1. The molecule has 1 aliphatic rings. The van der Waals surface area contributed by atoms with Crippen LogP contribution in [0.15, 0.2) is 48.9 Å². The van der Waals surface area contributed by atoms with E-state index in [-0.39, 0.29) is 11.5 Å². The molecule has 0 aliphatic carbocycles. The van der Waals surface area contributed by atoms with Gasteiger partial charge >= 0.3 is 0 Å². The molecule has 1 aliphatic heterocycles. The largest absolute Gasteiger partial charge is 0.490 e. The van der Waals surface area contributed by atoms with E-state index in [4.69, 9.17) is 9.47 Å². The predicted octanol–water partition coefficient (Wildman–Crippen LogP) is 3.48. The lowest BCUT2D eigenvalue weighted by molar-refractivity contribution is 0.143. The van der Waals surface area contributed by atoms with Crippen LogP contribution < -0.4 is 9.47 Å². The second-order valence-electron chi connectivity index (χ2n) is 7.43. The van der Waals surface area contributed by atoms with Crippen LogP contribution in [-0.2, 0) is 12.0 Å². The lowest BCUT2D eigenvalue weighted by Crippen LogP contribution is -2.23. The van der Waals surface area contributed by atoms with Crippen molar-refractivity contribution in [2.45, 2.75) is 38.8 Å². The van der Waals surface area contributed by atoms with Gasteiger partial charge in [0.25, 0.3) is 6.01 Å². The Hall–Kier alpha value is -2.89. The van der Waals surface area contributed by atoms with Gasteiger partial charge in [0.05, 0.1) is 12.7 Å². The van der Waals surface area contributed by atoms with Crippen LogP contribution in [0, 0.1) is 0 Å². The van der Waals surface area contributed by atoms with Gasteiger partial charge in [-0.1, -0.05) is 32.9 Å². The van der Waals surface area contributed by atoms with E-state index >= 15 is 0 Å². The molecule has 0 bridgehead atoms. The summed E-state index contributed by atoms with van der Waals surface area (Å²) in [4.78, 5) is 12.9. The van der Waals surface area contributed by atoms with Gasteiger partial charge in [-0.15, -0.1) is 0 Å². The van der Waals surface area contributed by atoms with Crippen molar-refractivity contribution in [3.63, 3.8) is 0 Å². The Bertz CT molecular complexity index is 882. The molecular weight excluding hydrogens is 328 g/mol. The molecule has 6 nitrogen and oxygen atoms in total. The van der Waals surface area contributed by atoms with Crippen molar-refractivity contribution >= 4 is 0 Å². The highest BCUT2D eigenvalue weighted by molar-refractivity contribution is 5.50. The number of aromatic nitrogens is 4. The van der Waals surface area contributed by atoms with Gasteiger partial charge < -0.3 is 9.47 Å². The number of nitrogens with zero attached hydrogens (tertiary/aromatic N) is 4. The van der Waals surface area contributed by atoms with E-state index in [1.165, 1.54) is 5.56 Å². The summed E-state index contributed by atoms with van der Waals surface area (Å²) in [5, 5.41) is 0. The van der Waals surface area contributed by atoms with Crippen LogP contribution in [0.2, 0.25) is 0 Å². The summed E-state index contributed by atoms with van der Waals surface area (Å²) in [6.45, 7) is 7.73. The second-order valence-corrected chi connectivity index (χ2v) is 7.43. The molecule has 0 saturated carbocycles. The van der Waals surface area contributed by atoms with Crippen molar-refractivity contribution in [3.8, 4) is 23.3 Å². The highest BCUT2D eigenvalue weighted by Gasteiger charge is 2.28. The monoisotopic (exact) mass is 350 g/mol. The summed E-state index contributed by atoms with van der Waals surface area (Å²) < 4.78 is 13.8. The second kappa shape index (κ2) is 6.44. The molecule has 0 unspecified atom stereocenters. The van der Waals surface area contributed by atoms with Crippen LogP contribution >= 0.6 is 0 Å². The molecule has 0 radical (unpaired) electrons. The van der Waals surface area contributed by atoms with Crippen LogP contribution in [0.4, 0.5) is 0 Å². The van der Waals surface area contributed by atoms with Crippen molar-refractivity contribution in [1.29, 1.82) is 0 Å². The van der Waals surface area contributed by atoms with E-state index in [2.05, 4.69) is 47.9 Å². The van der Waals surface area contributed by atoms with Crippen LogP contribution in [0.25, 0.3) is 11.5 Å². The molecule has 3 aromatic rings. The average molecular weight is 350 g/mol. The Kier molecular flexibility index (Phi) is 4.11. The molecule has 1 atom stereocenters. The Morgan fingerprint density at radius 3 is 2.54 bits per heavy atom. The zero-order valence-corrected chi connectivity index (χ0v) is 15.2. The minimum absolute atomic E-state index is 0.0801. The summed E-state index contributed by atoms with van der Waals surface area (Å²) in [6, 6.07) is 10.6. The number of hydrogen-bond donors (Lipinski definition) is 0. The first-order valence-electron chi connectivity index (χ1n) is 8.73. The first-order valence-corrected chi connectivity index (χ1v) is 8.73. The lowest BCUT2D eigenvalue weighted by Gasteiger charge is -2.19. The van der Waals surface area contributed by atoms with E-state index in [1.807, 2.05) is 16.7 Å². The highest BCUT2D eigenvalue weighted by atomic mass is 16.6. The Morgan fingerprint density at radius 2 is 1.85 bits per heavy atom. The van der Waals surface area contributed by atoms with E-state index in [1.54, 1.807) is 24.7 Å².